The number of carbonyl (C=O) groups excluding carboxylic acids is 1. The van der Waals surface area contributed by atoms with Crippen LogP contribution >= 0.6 is 0 Å². The molecule has 1 aliphatic rings. The summed E-state index contributed by atoms with van der Waals surface area (Å²) in [5, 5.41) is 0. The number of hydrogen-bond donors (Lipinski definition) is 1. The second kappa shape index (κ2) is 5.00. The summed E-state index contributed by atoms with van der Waals surface area (Å²) in [7, 11) is 0. The van der Waals surface area contributed by atoms with Crippen molar-refractivity contribution in [3.63, 3.8) is 0 Å². The Morgan fingerprint density at radius 1 is 1.40 bits per heavy atom. The highest BCUT2D eigenvalue weighted by Crippen LogP contribution is 2.27. The quantitative estimate of drug-likeness (QED) is 0.928. The number of nitrogens with zero attached hydrogens (tertiary/aromatic N) is 1. The van der Waals surface area contributed by atoms with Crippen LogP contribution in [0.25, 0.3) is 11.5 Å². The fourth-order valence-electron chi connectivity index (χ4n) is 2.33. The highest BCUT2D eigenvalue weighted by molar-refractivity contribution is 5.94. The Hall–Kier alpha value is -2.30. The van der Waals surface area contributed by atoms with Crippen molar-refractivity contribution >= 4 is 5.91 Å². The summed E-state index contributed by atoms with van der Waals surface area (Å²) in [6.45, 7) is 2.56. The Morgan fingerprint density at radius 2 is 2.20 bits per heavy atom. The monoisotopic (exact) mass is 272 g/mol. The van der Waals surface area contributed by atoms with Crippen molar-refractivity contribution in [3.05, 3.63) is 46.4 Å². The molecule has 0 aromatic carbocycles. The summed E-state index contributed by atoms with van der Waals surface area (Å²) in [6, 6.07) is 7.09. The van der Waals surface area contributed by atoms with Gasteiger partial charge in [-0.05, 0) is 44.0 Å². The van der Waals surface area contributed by atoms with Crippen molar-refractivity contribution in [3.8, 4) is 11.5 Å². The van der Waals surface area contributed by atoms with E-state index in [-0.39, 0.29) is 17.0 Å². The summed E-state index contributed by atoms with van der Waals surface area (Å²) in [4.78, 5) is 28.9. The second-order valence-corrected chi connectivity index (χ2v) is 4.91. The van der Waals surface area contributed by atoms with E-state index in [2.05, 4.69) is 4.98 Å². The molecule has 0 aliphatic heterocycles. The summed E-state index contributed by atoms with van der Waals surface area (Å²) in [6.07, 6.45) is 3.60. The zero-order chi connectivity index (χ0) is 14.1. The first kappa shape index (κ1) is 12.7. The van der Waals surface area contributed by atoms with Gasteiger partial charge in [0.15, 0.2) is 0 Å². The Labute approximate surface area is 116 Å². The van der Waals surface area contributed by atoms with Crippen molar-refractivity contribution in [1.29, 1.82) is 0 Å². The van der Waals surface area contributed by atoms with Gasteiger partial charge in [-0.1, -0.05) is 0 Å². The number of aromatic amines is 1. The van der Waals surface area contributed by atoms with Gasteiger partial charge < -0.3 is 14.3 Å². The average Bonchev–Trinajstić information content (AvgIpc) is 3.12. The maximum Gasteiger partial charge on any atom is 0.261 e. The molecule has 2 aromatic rings. The van der Waals surface area contributed by atoms with Gasteiger partial charge in [-0.3, -0.25) is 9.59 Å². The van der Waals surface area contributed by atoms with E-state index in [9.17, 15) is 9.59 Å². The molecule has 104 valence electrons. The van der Waals surface area contributed by atoms with Crippen LogP contribution in [-0.2, 0) is 0 Å². The lowest BCUT2D eigenvalue weighted by Gasteiger charge is -2.19. The third kappa shape index (κ3) is 2.27. The van der Waals surface area contributed by atoms with Crippen molar-refractivity contribution < 1.29 is 9.21 Å². The van der Waals surface area contributed by atoms with Crippen LogP contribution in [0.1, 0.15) is 30.1 Å². The standard InChI is InChI=1S/C15H16N2O3/c1-2-17(10-5-6-10)15(19)11-7-8-12(16-14(11)18)13-4-3-9-20-13/h3-4,7-10H,2,5-6H2,1H3,(H,16,18). The number of furan rings is 1. The van der Waals surface area contributed by atoms with E-state index in [1.807, 2.05) is 6.92 Å². The molecule has 2 aromatic heterocycles. The third-order valence-corrected chi connectivity index (χ3v) is 3.52. The van der Waals surface area contributed by atoms with E-state index >= 15 is 0 Å². The summed E-state index contributed by atoms with van der Waals surface area (Å²) >= 11 is 0. The van der Waals surface area contributed by atoms with Crippen LogP contribution in [0.3, 0.4) is 0 Å². The Balaban J connectivity index is 1.91. The number of rotatable bonds is 4. The lowest BCUT2D eigenvalue weighted by atomic mass is 10.2. The van der Waals surface area contributed by atoms with E-state index in [0.29, 0.717) is 24.0 Å². The summed E-state index contributed by atoms with van der Waals surface area (Å²) < 4.78 is 5.23. The molecule has 1 fully saturated rings. The molecule has 1 amide bonds. The first-order valence-corrected chi connectivity index (χ1v) is 6.79. The minimum Gasteiger partial charge on any atom is -0.463 e. The van der Waals surface area contributed by atoms with Crippen molar-refractivity contribution in [2.75, 3.05) is 6.54 Å². The van der Waals surface area contributed by atoms with Crippen molar-refractivity contribution in [2.24, 2.45) is 0 Å². The smallest absolute Gasteiger partial charge is 0.261 e. The Morgan fingerprint density at radius 3 is 2.75 bits per heavy atom. The average molecular weight is 272 g/mol. The summed E-state index contributed by atoms with van der Waals surface area (Å²) in [5.74, 6) is 0.387. The molecule has 0 spiro atoms. The number of carbonyl (C=O) groups is 1. The van der Waals surface area contributed by atoms with E-state index in [4.69, 9.17) is 4.42 Å². The number of aromatic nitrogens is 1. The van der Waals surface area contributed by atoms with Gasteiger partial charge in [-0.2, -0.15) is 0 Å². The SMILES string of the molecule is CCN(C(=O)c1ccc(-c2ccco2)[nH]c1=O)C1CC1. The summed E-state index contributed by atoms with van der Waals surface area (Å²) in [5.41, 5.74) is 0.392. The molecule has 1 N–H and O–H groups in total. The zero-order valence-corrected chi connectivity index (χ0v) is 11.3. The number of hydrogen-bond acceptors (Lipinski definition) is 3. The topological polar surface area (TPSA) is 66.3 Å². The molecule has 1 aliphatic carbocycles. The van der Waals surface area contributed by atoms with Gasteiger partial charge in [0.05, 0.1) is 12.0 Å². The molecule has 3 rings (SSSR count). The minimum absolute atomic E-state index is 0.189. The molecule has 0 saturated heterocycles. The predicted octanol–water partition coefficient (Wildman–Crippen LogP) is 2.26. The Bertz CT molecular complexity index is 669. The van der Waals surface area contributed by atoms with E-state index in [0.717, 1.165) is 12.8 Å². The molecule has 20 heavy (non-hydrogen) atoms. The molecular formula is C15H16N2O3. The molecule has 0 bridgehead atoms. The van der Waals surface area contributed by atoms with E-state index in [1.54, 1.807) is 35.4 Å². The van der Waals surface area contributed by atoms with Crippen LogP contribution < -0.4 is 5.56 Å². The Kier molecular flexibility index (Phi) is 3.18. The first-order chi connectivity index (χ1) is 9.70. The number of pyridine rings is 1. The molecule has 1 saturated carbocycles. The molecular weight excluding hydrogens is 256 g/mol. The zero-order valence-electron chi connectivity index (χ0n) is 11.3. The molecule has 5 heteroatoms. The number of H-pyrrole nitrogens is 1. The largest absolute Gasteiger partial charge is 0.463 e. The highest BCUT2D eigenvalue weighted by atomic mass is 16.3. The van der Waals surface area contributed by atoms with Gasteiger partial charge in [0, 0.05) is 12.6 Å². The van der Waals surface area contributed by atoms with E-state index in [1.165, 1.54) is 0 Å². The molecule has 0 unspecified atom stereocenters. The van der Waals surface area contributed by atoms with Gasteiger partial charge >= 0.3 is 0 Å². The lowest BCUT2D eigenvalue weighted by Crippen LogP contribution is -2.36. The fourth-order valence-corrected chi connectivity index (χ4v) is 2.33. The van der Waals surface area contributed by atoms with Gasteiger partial charge in [-0.25, -0.2) is 0 Å². The van der Waals surface area contributed by atoms with Crippen LogP contribution in [-0.4, -0.2) is 28.4 Å². The minimum atomic E-state index is -0.372. The maximum atomic E-state index is 12.4. The molecule has 0 radical (unpaired) electrons. The second-order valence-electron chi connectivity index (χ2n) is 4.91. The molecule has 2 heterocycles. The van der Waals surface area contributed by atoms with Crippen molar-refractivity contribution in [1.82, 2.24) is 9.88 Å². The van der Waals surface area contributed by atoms with Crippen LogP contribution in [0.4, 0.5) is 0 Å². The maximum absolute atomic E-state index is 12.4. The molecule has 0 atom stereocenters. The normalized spacial score (nSPS) is 14.2. The highest BCUT2D eigenvalue weighted by Gasteiger charge is 2.32. The number of nitrogens with one attached hydrogen (secondary N) is 1. The predicted molar refractivity (Wildman–Crippen MR) is 74.5 cm³/mol. The van der Waals surface area contributed by atoms with Gasteiger partial charge in [0.1, 0.15) is 11.3 Å². The van der Waals surface area contributed by atoms with Gasteiger partial charge in [0.25, 0.3) is 11.5 Å². The van der Waals surface area contributed by atoms with Crippen LogP contribution in [0, 0.1) is 0 Å². The van der Waals surface area contributed by atoms with Crippen molar-refractivity contribution in [2.45, 2.75) is 25.8 Å². The molecule has 5 nitrogen and oxygen atoms in total. The van der Waals surface area contributed by atoms with Gasteiger partial charge in [0.2, 0.25) is 0 Å². The lowest BCUT2D eigenvalue weighted by molar-refractivity contribution is 0.0751. The first-order valence-electron chi connectivity index (χ1n) is 6.79. The van der Waals surface area contributed by atoms with Crippen LogP contribution in [0.5, 0.6) is 0 Å². The fraction of sp³-hybridized carbons (Fsp3) is 0.333. The number of amides is 1. The third-order valence-electron chi connectivity index (χ3n) is 3.52. The van der Waals surface area contributed by atoms with Gasteiger partial charge in [-0.15, -0.1) is 0 Å². The van der Waals surface area contributed by atoms with Crippen LogP contribution in [0.15, 0.2) is 39.7 Å². The van der Waals surface area contributed by atoms with Crippen LogP contribution in [0.2, 0.25) is 0 Å². The van der Waals surface area contributed by atoms with E-state index < -0.39 is 0 Å².